The van der Waals surface area contributed by atoms with Crippen LogP contribution in [0.3, 0.4) is 0 Å². The number of anilines is 2. The zero-order valence-electron chi connectivity index (χ0n) is 13.0. The topological polar surface area (TPSA) is 41.0 Å². The van der Waals surface area contributed by atoms with Crippen LogP contribution in [0.1, 0.15) is 63.1 Å². The summed E-state index contributed by atoms with van der Waals surface area (Å²) in [6, 6.07) is 2.88. The van der Waals surface area contributed by atoms with Crippen molar-refractivity contribution in [3.8, 4) is 0 Å². The van der Waals surface area contributed by atoms with Gasteiger partial charge in [0.15, 0.2) is 0 Å². The summed E-state index contributed by atoms with van der Waals surface area (Å²) in [5.74, 6) is 4.73. The minimum absolute atomic E-state index is 0.615. The van der Waals surface area contributed by atoms with Crippen molar-refractivity contribution < 1.29 is 0 Å². The molecule has 1 N–H and O–H groups in total. The summed E-state index contributed by atoms with van der Waals surface area (Å²) in [5.41, 5.74) is 0. The summed E-state index contributed by atoms with van der Waals surface area (Å²) in [5, 5.41) is 3.22. The van der Waals surface area contributed by atoms with Gasteiger partial charge in [-0.25, -0.2) is 9.97 Å². The first-order chi connectivity index (χ1) is 10.3. The second-order valence-electron chi connectivity index (χ2n) is 6.94. The molecule has 1 aromatic heterocycles. The van der Waals surface area contributed by atoms with Crippen LogP contribution in [0.15, 0.2) is 6.07 Å². The van der Waals surface area contributed by atoms with Gasteiger partial charge in [0, 0.05) is 31.6 Å². The van der Waals surface area contributed by atoms with Crippen molar-refractivity contribution in [1.82, 2.24) is 9.97 Å². The highest BCUT2D eigenvalue weighted by Crippen LogP contribution is 2.41. The van der Waals surface area contributed by atoms with Crippen LogP contribution in [0.2, 0.25) is 0 Å². The molecule has 2 saturated carbocycles. The van der Waals surface area contributed by atoms with E-state index in [1.54, 1.807) is 0 Å². The Morgan fingerprint density at radius 2 is 1.86 bits per heavy atom. The second-order valence-corrected chi connectivity index (χ2v) is 6.94. The van der Waals surface area contributed by atoms with E-state index in [1.165, 1.54) is 63.7 Å². The quantitative estimate of drug-likeness (QED) is 0.922. The number of hydrogen-bond acceptors (Lipinski definition) is 4. The van der Waals surface area contributed by atoms with Crippen LogP contribution in [-0.2, 0) is 0 Å². The molecule has 3 aliphatic rings. The summed E-state index contributed by atoms with van der Waals surface area (Å²) in [4.78, 5) is 12.2. The molecule has 4 heteroatoms. The summed E-state index contributed by atoms with van der Waals surface area (Å²) in [7, 11) is 1.96. The Labute approximate surface area is 127 Å². The molecule has 4 rings (SSSR count). The maximum absolute atomic E-state index is 4.93. The molecule has 1 saturated heterocycles. The van der Waals surface area contributed by atoms with Crippen LogP contribution in [-0.4, -0.2) is 29.6 Å². The third kappa shape index (κ3) is 2.60. The Morgan fingerprint density at radius 1 is 1.05 bits per heavy atom. The zero-order valence-corrected chi connectivity index (χ0v) is 13.0. The predicted octanol–water partition coefficient (Wildman–Crippen LogP) is 3.55. The van der Waals surface area contributed by atoms with Crippen molar-refractivity contribution in [2.24, 2.45) is 5.92 Å². The van der Waals surface area contributed by atoms with Gasteiger partial charge in [-0.15, -0.1) is 0 Å². The van der Waals surface area contributed by atoms with Gasteiger partial charge >= 0.3 is 0 Å². The summed E-state index contributed by atoms with van der Waals surface area (Å²) in [6.07, 6.45) is 10.8. The molecule has 2 aliphatic carbocycles. The number of piperidine rings is 1. The minimum Gasteiger partial charge on any atom is -0.373 e. The van der Waals surface area contributed by atoms with Gasteiger partial charge in [-0.3, -0.25) is 0 Å². The van der Waals surface area contributed by atoms with Crippen molar-refractivity contribution >= 4 is 11.6 Å². The Kier molecular flexibility index (Phi) is 3.48. The van der Waals surface area contributed by atoms with Crippen molar-refractivity contribution in [3.05, 3.63) is 11.9 Å². The molecule has 0 radical (unpaired) electrons. The largest absolute Gasteiger partial charge is 0.373 e. The Morgan fingerprint density at radius 3 is 2.67 bits per heavy atom. The standard InChI is InChI=1S/C17H26N4/c1-18-15-11-16(20-17(19-15)13-8-9-13)21-10-4-6-12-5-2-3-7-14(12)21/h11-14H,2-10H2,1H3,(H,18,19,20). The van der Waals surface area contributed by atoms with E-state index in [4.69, 9.17) is 4.98 Å². The smallest absolute Gasteiger partial charge is 0.136 e. The van der Waals surface area contributed by atoms with E-state index >= 15 is 0 Å². The van der Waals surface area contributed by atoms with Crippen LogP contribution in [0, 0.1) is 5.92 Å². The molecule has 0 amide bonds. The van der Waals surface area contributed by atoms with Gasteiger partial charge in [-0.2, -0.15) is 0 Å². The van der Waals surface area contributed by atoms with Crippen molar-refractivity contribution in [1.29, 1.82) is 0 Å². The molecule has 1 aliphatic heterocycles. The molecule has 2 unspecified atom stereocenters. The number of nitrogens with one attached hydrogen (secondary N) is 1. The highest BCUT2D eigenvalue weighted by molar-refractivity contribution is 5.51. The molecule has 21 heavy (non-hydrogen) atoms. The summed E-state index contributed by atoms with van der Waals surface area (Å²) >= 11 is 0. The summed E-state index contributed by atoms with van der Waals surface area (Å²) in [6.45, 7) is 1.17. The molecular formula is C17H26N4. The minimum atomic E-state index is 0.615. The lowest BCUT2D eigenvalue weighted by Crippen LogP contribution is -2.47. The molecular weight excluding hydrogens is 260 g/mol. The molecule has 3 fully saturated rings. The maximum Gasteiger partial charge on any atom is 0.136 e. The molecule has 0 aromatic carbocycles. The molecule has 114 valence electrons. The number of fused-ring (bicyclic) bond motifs is 1. The first-order valence-electron chi connectivity index (χ1n) is 8.68. The lowest BCUT2D eigenvalue weighted by Gasteiger charge is -2.44. The van der Waals surface area contributed by atoms with E-state index in [0.717, 1.165) is 23.6 Å². The van der Waals surface area contributed by atoms with Crippen LogP contribution < -0.4 is 10.2 Å². The van der Waals surface area contributed by atoms with E-state index in [2.05, 4.69) is 21.3 Å². The molecule has 4 nitrogen and oxygen atoms in total. The highest BCUT2D eigenvalue weighted by atomic mass is 15.2. The van der Waals surface area contributed by atoms with Gasteiger partial charge in [-0.05, 0) is 44.4 Å². The SMILES string of the molecule is CNc1cc(N2CCCC3CCCCC32)nc(C2CC2)n1. The molecule has 1 aromatic rings. The first-order valence-corrected chi connectivity index (χ1v) is 8.68. The van der Waals surface area contributed by atoms with Crippen molar-refractivity contribution in [2.45, 2.75) is 63.3 Å². The van der Waals surface area contributed by atoms with Gasteiger partial charge in [0.1, 0.15) is 17.5 Å². The molecule has 2 atom stereocenters. The van der Waals surface area contributed by atoms with Gasteiger partial charge in [0.05, 0.1) is 0 Å². The number of rotatable bonds is 3. The lowest BCUT2D eigenvalue weighted by atomic mass is 9.78. The Hall–Kier alpha value is -1.32. The van der Waals surface area contributed by atoms with Crippen LogP contribution in [0.25, 0.3) is 0 Å². The molecule has 0 spiro atoms. The molecule has 0 bridgehead atoms. The highest BCUT2D eigenvalue weighted by Gasteiger charge is 2.35. The van der Waals surface area contributed by atoms with Gasteiger partial charge in [0.2, 0.25) is 0 Å². The monoisotopic (exact) mass is 286 g/mol. The van der Waals surface area contributed by atoms with Crippen molar-refractivity contribution in [3.63, 3.8) is 0 Å². The second kappa shape index (κ2) is 5.47. The zero-order chi connectivity index (χ0) is 14.2. The number of aromatic nitrogens is 2. The van der Waals surface area contributed by atoms with E-state index in [-0.39, 0.29) is 0 Å². The molecule has 2 heterocycles. The van der Waals surface area contributed by atoms with Crippen LogP contribution in [0.4, 0.5) is 11.6 Å². The van der Waals surface area contributed by atoms with Gasteiger partial charge in [-0.1, -0.05) is 12.8 Å². The van der Waals surface area contributed by atoms with Crippen LogP contribution >= 0.6 is 0 Å². The number of hydrogen-bond donors (Lipinski definition) is 1. The Balaban J connectivity index is 1.65. The Bertz CT molecular complexity index is 510. The maximum atomic E-state index is 4.93. The summed E-state index contributed by atoms with van der Waals surface area (Å²) < 4.78 is 0. The normalized spacial score (nSPS) is 29.1. The van der Waals surface area contributed by atoms with Crippen LogP contribution in [0.5, 0.6) is 0 Å². The van der Waals surface area contributed by atoms with Gasteiger partial charge in [0.25, 0.3) is 0 Å². The van der Waals surface area contributed by atoms with E-state index < -0.39 is 0 Å². The van der Waals surface area contributed by atoms with E-state index in [0.29, 0.717) is 5.92 Å². The van der Waals surface area contributed by atoms with Gasteiger partial charge < -0.3 is 10.2 Å². The first kappa shape index (κ1) is 13.4. The predicted molar refractivity (Wildman–Crippen MR) is 85.9 cm³/mol. The third-order valence-corrected chi connectivity index (χ3v) is 5.47. The van der Waals surface area contributed by atoms with Crippen molar-refractivity contribution in [2.75, 3.05) is 23.8 Å². The number of nitrogens with zero attached hydrogens (tertiary/aromatic N) is 3. The fourth-order valence-corrected chi connectivity index (χ4v) is 4.16. The lowest BCUT2D eigenvalue weighted by molar-refractivity contribution is 0.242. The average Bonchev–Trinajstić information content (AvgIpc) is 3.39. The van der Waals surface area contributed by atoms with E-state index in [9.17, 15) is 0 Å². The average molecular weight is 286 g/mol. The third-order valence-electron chi connectivity index (χ3n) is 5.47. The fourth-order valence-electron chi connectivity index (χ4n) is 4.16. The van der Waals surface area contributed by atoms with E-state index in [1.807, 2.05) is 7.05 Å². The fraction of sp³-hybridized carbons (Fsp3) is 0.765.